The minimum Gasteiger partial charge on any atom is -0.387 e. The fraction of sp³-hybridized carbons (Fsp3) is 0.600. The van der Waals surface area contributed by atoms with Crippen molar-refractivity contribution < 1.29 is 9.84 Å². The molecule has 0 saturated carbocycles. The number of aliphatic hydroxyl groups is 1. The zero-order chi connectivity index (χ0) is 11.5. The molecule has 1 atom stereocenters. The Labute approximate surface area is 108 Å². The van der Waals surface area contributed by atoms with Crippen molar-refractivity contribution in [2.45, 2.75) is 16.7 Å². The maximum atomic E-state index is 9.96. The van der Waals surface area contributed by atoms with E-state index in [0.717, 1.165) is 33.7 Å². The fourth-order valence-electron chi connectivity index (χ4n) is 1.63. The van der Waals surface area contributed by atoms with E-state index >= 15 is 0 Å². The molecule has 1 aromatic heterocycles. The number of thiophene rings is 1. The predicted molar refractivity (Wildman–Crippen MR) is 68.2 cm³/mol. The molecule has 0 aliphatic carbocycles. The van der Waals surface area contributed by atoms with Crippen molar-refractivity contribution in [1.29, 1.82) is 0 Å². The molecule has 1 aliphatic heterocycles. The number of nitrogens with zero attached hydrogens (tertiary/aromatic N) is 1. The van der Waals surface area contributed by atoms with Gasteiger partial charge in [0.05, 0.1) is 14.6 Å². The van der Waals surface area contributed by atoms with Crippen LogP contribution in [-0.4, -0.2) is 36.2 Å². The maximum absolute atomic E-state index is 9.96. The van der Waals surface area contributed by atoms with Crippen molar-refractivity contribution in [1.82, 2.24) is 4.31 Å². The summed E-state index contributed by atoms with van der Waals surface area (Å²) < 4.78 is 9.04. The van der Waals surface area contributed by atoms with E-state index in [0.29, 0.717) is 6.54 Å². The molecule has 90 valence electrons. The van der Waals surface area contributed by atoms with Crippen molar-refractivity contribution in [3.63, 3.8) is 0 Å². The number of fused-ring (bicyclic) bond motifs is 1. The van der Waals surface area contributed by atoms with E-state index in [1.807, 2.05) is 6.07 Å². The van der Waals surface area contributed by atoms with Gasteiger partial charge in [-0.1, -0.05) is 11.6 Å². The molecule has 0 aromatic carbocycles. The minimum absolute atomic E-state index is 0.414. The molecule has 0 amide bonds. The molecule has 2 heterocycles. The molecule has 0 spiro atoms. The molecule has 1 aromatic rings. The molecule has 0 radical (unpaired) electrons. The van der Waals surface area contributed by atoms with E-state index in [9.17, 15) is 5.11 Å². The molecule has 2 rings (SSSR count). The Morgan fingerprint density at radius 3 is 3.25 bits per heavy atom. The monoisotopic (exact) mass is 279 g/mol. The summed E-state index contributed by atoms with van der Waals surface area (Å²) in [5.41, 5.74) is 0.975. The lowest BCUT2D eigenvalue weighted by Gasteiger charge is -2.28. The average Bonchev–Trinajstić information content (AvgIpc) is 2.60. The zero-order valence-corrected chi connectivity index (χ0v) is 11.4. The Morgan fingerprint density at radius 2 is 2.50 bits per heavy atom. The second-order valence-corrected chi connectivity index (χ2v) is 6.68. The Bertz CT molecular complexity index is 359. The summed E-state index contributed by atoms with van der Waals surface area (Å²) in [4.78, 5) is 0. The number of ether oxygens (including phenoxy) is 1. The molecule has 1 unspecified atom stereocenters. The second kappa shape index (κ2) is 5.71. The van der Waals surface area contributed by atoms with Gasteiger partial charge in [-0.15, -0.1) is 11.3 Å². The number of β-amino-alcohol motifs (C(OH)–C–C–N with tert-alkyl or cyclic N) is 1. The molecule has 0 bridgehead atoms. The third-order valence-corrected chi connectivity index (χ3v) is 4.94. The van der Waals surface area contributed by atoms with Crippen LogP contribution < -0.4 is 0 Å². The summed E-state index contributed by atoms with van der Waals surface area (Å²) in [6.45, 7) is 2.34. The van der Waals surface area contributed by atoms with Crippen LogP contribution in [-0.2, 0) is 4.74 Å². The molecule has 3 nitrogen and oxygen atoms in total. The van der Waals surface area contributed by atoms with Gasteiger partial charge in [0.2, 0.25) is 0 Å². The number of halogens is 1. The van der Waals surface area contributed by atoms with Crippen LogP contribution >= 0.6 is 34.9 Å². The smallest absolute Gasteiger partial charge is 0.0946 e. The van der Waals surface area contributed by atoms with Crippen molar-refractivity contribution in [3.05, 3.63) is 16.0 Å². The summed E-state index contributed by atoms with van der Waals surface area (Å²) >= 11 is 9.16. The van der Waals surface area contributed by atoms with Crippen LogP contribution in [0, 0.1) is 0 Å². The van der Waals surface area contributed by atoms with Gasteiger partial charge in [0.25, 0.3) is 0 Å². The minimum atomic E-state index is -0.414. The normalized spacial score (nSPS) is 21.1. The number of rotatable bonds is 4. The lowest BCUT2D eigenvalue weighted by atomic mass is 10.2. The number of hydrogen-bond acceptors (Lipinski definition) is 5. The Kier molecular flexibility index (Phi) is 4.52. The van der Waals surface area contributed by atoms with Gasteiger partial charge in [0.1, 0.15) is 0 Å². The van der Waals surface area contributed by atoms with E-state index < -0.39 is 6.10 Å². The highest BCUT2D eigenvalue weighted by atomic mass is 35.5. The highest BCUT2D eigenvalue weighted by Gasteiger charge is 2.26. The van der Waals surface area contributed by atoms with Gasteiger partial charge in [-0.3, -0.25) is 0 Å². The second-order valence-electron chi connectivity index (χ2n) is 3.63. The summed E-state index contributed by atoms with van der Waals surface area (Å²) in [5.74, 6) is 0. The van der Waals surface area contributed by atoms with Crippen LogP contribution in [0.5, 0.6) is 0 Å². The predicted octanol–water partition coefficient (Wildman–Crippen LogP) is 2.79. The van der Waals surface area contributed by atoms with Gasteiger partial charge in [0, 0.05) is 32.4 Å². The third kappa shape index (κ3) is 2.91. The van der Waals surface area contributed by atoms with Crippen LogP contribution in [0.3, 0.4) is 0 Å². The van der Waals surface area contributed by atoms with Crippen molar-refractivity contribution in [2.24, 2.45) is 0 Å². The van der Waals surface area contributed by atoms with Crippen LogP contribution in [0.4, 0.5) is 0 Å². The van der Waals surface area contributed by atoms with Gasteiger partial charge >= 0.3 is 0 Å². The van der Waals surface area contributed by atoms with Gasteiger partial charge in [-0.2, -0.15) is 0 Å². The third-order valence-electron chi connectivity index (χ3n) is 2.40. The zero-order valence-electron chi connectivity index (χ0n) is 8.98. The first-order valence-corrected chi connectivity index (χ1v) is 7.06. The molecule has 16 heavy (non-hydrogen) atoms. The summed E-state index contributed by atoms with van der Waals surface area (Å²) in [6.07, 6.45) is 0.563. The van der Waals surface area contributed by atoms with Gasteiger partial charge < -0.3 is 9.84 Å². The fourth-order valence-corrected chi connectivity index (χ4v) is 4.50. The molecule has 1 N–H and O–H groups in total. The molecule has 0 saturated heterocycles. The number of methoxy groups -OCH3 is 1. The van der Waals surface area contributed by atoms with Gasteiger partial charge in [-0.25, -0.2) is 4.31 Å². The van der Waals surface area contributed by atoms with E-state index in [2.05, 4.69) is 4.31 Å². The summed E-state index contributed by atoms with van der Waals surface area (Å²) in [7, 11) is 1.70. The molecule has 6 heteroatoms. The van der Waals surface area contributed by atoms with Crippen LogP contribution in [0.25, 0.3) is 0 Å². The Morgan fingerprint density at radius 1 is 1.69 bits per heavy atom. The molecule has 0 fully saturated rings. The van der Waals surface area contributed by atoms with Crippen LogP contribution in [0.15, 0.2) is 10.3 Å². The Hall–Kier alpha value is 0.220. The SMILES string of the molecule is COCCCN1CC(O)c2cc(Cl)sc2S1. The van der Waals surface area contributed by atoms with Crippen LogP contribution in [0.2, 0.25) is 4.34 Å². The number of aliphatic hydroxyl groups excluding tert-OH is 1. The van der Waals surface area contributed by atoms with Crippen molar-refractivity contribution in [3.8, 4) is 0 Å². The molecular weight excluding hydrogens is 266 g/mol. The summed E-state index contributed by atoms with van der Waals surface area (Å²) in [6, 6.07) is 1.87. The maximum Gasteiger partial charge on any atom is 0.0946 e. The van der Waals surface area contributed by atoms with E-state index in [1.165, 1.54) is 11.3 Å². The lowest BCUT2D eigenvalue weighted by Crippen LogP contribution is -2.27. The van der Waals surface area contributed by atoms with E-state index in [1.54, 1.807) is 19.1 Å². The van der Waals surface area contributed by atoms with Gasteiger partial charge in [0.15, 0.2) is 0 Å². The number of hydrogen-bond donors (Lipinski definition) is 1. The van der Waals surface area contributed by atoms with E-state index in [4.69, 9.17) is 16.3 Å². The molecular formula is C10H14ClNO2S2. The van der Waals surface area contributed by atoms with Crippen molar-refractivity contribution in [2.75, 3.05) is 26.8 Å². The largest absolute Gasteiger partial charge is 0.387 e. The first kappa shape index (κ1) is 12.7. The highest BCUT2D eigenvalue weighted by molar-refractivity contribution is 7.99. The first-order chi connectivity index (χ1) is 7.70. The summed E-state index contributed by atoms with van der Waals surface area (Å²) in [5, 5.41) is 9.96. The van der Waals surface area contributed by atoms with Crippen LogP contribution in [0.1, 0.15) is 18.1 Å². The average molecular weight is 280 g/mol. The molecule has 1 aliphatic rings. The standard InChI is InChI=1S/C10H14ClNO2S2/c1-14-4-2-3-12-6-8(13)7-5-9(11)15-10(7)16-12/h5,8,13H,2-4,6H2,1H3. The van der Waals surface area contributed by atoms with E-state index in [-0.39, 0.29) is 0 Å². The Balaban J connectivity index is 1.97. The lowest BCUT2D eigenvalue weighted by molar-refractivity contribution is 0.137. The van der Waals surface area contributed by atoms with Crippen molar-refractivity contribution >= 4 is 34.9 Å². The first-order valence-electron chi connectivity index (χ1n) is 5.10. The highest BCUT2D eigenvalue weighted by Crippen LogP contribution is 2.43. The topological polar surface area (TPSA) is 32.7 Å². The van der Waals surface area contributed by atoms with Gasteiger partial charge in [-0.05, 0) is 24.4 Å². The quantitative estimate of drug-likeness (QED) is 0.679.